The number of cyclic esters (lactones) is 1. The van der Waals surface area contributed by atoms with Gasteiger partial charge in [-0.1, -0.05) is 24.4 Å². The molecule has 17 heteroatoms. The Kier molecular flexibility index (Phi) is 9.19. The number of benzene rings is 2. The summed E-state index contributed by atoms with van der Waals surface area (Å²) in [6, 6.07) is 4.24. The van der Waals surface area contributed by atoms with Crippen molar-refractivity contribution in [1.82, 2.24) is 14.9 Å². The maximum Gasteiger partial charge on any atom is 0.416 e. The first kappa shape index (κ1) is 32.7. The van der Waals surface area contributed by atoms with E-state index in [1.54, 1.807) is 12.1 Å². The van der Waals surface area contributed by atoms with Crippen LogP contribution in [0.4, 0.5) is 44.3 Å². The second kappa shape index (κ2) is 12.9. The molecule has 2 bridgehead atoms. The molecule has 0 spiro atoms. The number of rotatable bonds is 4. The molecule has 12 nitrogen and oxygen atoms in total. The van der Waals surface area contributed by atoms with Gasteiger partial charge < -0.3 is 30.6 Å². The summed E-state index contributed by atoms with van der Waals surface area (Å²) in [5, 5.41) is 14.9. The van der Waals surface area contributed by atoms with E-state index in [1.807, 2.05) is 0 Å². The van der Waals surface area contributed by atoms with Crippen LogP contribution in [0, 0.1) is 5.82 Å². The molecular formula is C29H29ClF4N6O6. The Bertz CT molecular complexity index is 1670. The van der Waals surface area contributed by atoms with Crippen LogP contribution in [-0.2, 0) is 20.4 Å². The number of carboxylic acid groups (broad SMARTS) is 1. The van der Waals surface area contributed by atoms with E-state index in [2.05, 4.69) is 25.3 Å². The fraction of sp³-hybridized carbons (Fsp3) is 0.379. The van der Waals surface area contributed by atoms with Crippen LogP contribution in [0.1, 0.15) is 61.2 Å². The second-order valence-electron chi connectivity index (χ2n) is 10.8. The van der Waals surface area contributed by atoms with Crippen molar-refractivity contribution in [3.8, 4) is 11.3 Å². The zero-order valence-electron chi connectivity index (χ0n) is 24.2. The van der Waals surface area contributed by atoms with E-state index in [4.69, 9.17) is 22.1 Å². The Balaban J connectivity index is 1.49. The summed E-state index contributed by atoms with van der Waals surface area (Å²) < 4.78 is 66.2. The van der Waals surface area contributed by atoms with Gasteiger partial charge in [0, 0.05) is 35.5 Å². The SMILES string of the molecule is COC(=O)Nc1ccc2c(c1)N[C@@H](C(=O)O)CCCC[C@H](N1CCC(c3c(C(F)(F)F)ccc(Cl)c3F)OC1=O)c1nc(N)c-2[nH]1. The van der Waals surface area contributed by atoms with Crippen molar-refractivity contribution >= 4 is 46.9 Å². The van der Waals surface area contributed by atoms with Crippen molar-refractivity contribution in [2.75, 3.05) is 30.0 Å². The third-order valence-electron chi connectivity index (χ3n) is 7.88. The van der Waals surface area contributed by atoms with Gasteiger partial charge in [0.25, 0.3) is 0 Å². The van der Waals surface area contributed by atoms with Crippen LogP contribution < -0.4 is 16.4 Å². The van der Waals surface area contributed by atoms with E-state index in [0.29, 0.717) is 35.8 Å². The molecule has 5 rings (SSSR count). The first-order valence-electron chi connectivity index (χ1n) is 14.1. The van der Waals surface area contributed by atoms with Crippen LogP contribution >= 0.6 is 11.6 Å². The summed E-state index contributed by atoms with van der Waals surface area (Å²) in [5.74, 6) is -2.17. The number of carbonyl (C=O) groups excluding carboxylic acids is 2. The number of nitrogen functional groups attached to an aromatic ring is 1. The molecule has 3 heterocycles. The Hall–Kier alpha value is -4.73. The van der Waals surface area contributed by atoms with E-state index in [1.165, 1.54) is 18.1 Å². The normalized spacial score (nSPS) is 20.3. The molecule has 3 aromatic rings. The standard InChI is InChI=1S/C29H29ClF4N6O6/c1-45-27(43)36-13-6-7-14-18(12-13)37-17(26(41)42)4-2-3-5-19(25-38-23(14)24(35)39-25)40-11-10-20(46-28(40)44)21-15(29(32,33)34)8-9-16(30)22(21)31/h6-9,12,17,19-20,37H,2-5,10-11,35H2,1H3,(H,36,43)(H,38,39)(H,41,42)/t17-,19+,20?/m1/s1. The number of H-pyrrole nitrogens is 1. The number of carboxylic acids is 1. The average Bonchev–Trinajstić information content (AvgIpc) is 3.37. The number of fused-ring (bicyclic) bond motifs is 4. The van der Waals surface area contributed by atoms with Crippen molar-refractivity contribution in [3.63, 3.8) is 0 Å². The molecule has 0 saturated carbocycles. The summed E-state index contributed by atoms with van der Waals surface area (Å²) >= 11 is 5.79. The Morgan fingerprint density at radius 1 is 1.20 bits per heavy atom. The van der Waals surface area contributed by atoms with Gasteiger partial charge in [-0.15, -0.1) is 0 Å². The number of nitrogens with two attached hydrogens (primary N) is 1. The van der Waals surface area contributed by atoms with Crippen LogP contribution in [-0.4, -0.2) is 57.8 Å². The maximum atomic E-state index is 14.9. The highest BCUT2D eigenvalue weighted by Gasteiger charge is 2.42. The Morgan fingerprint density at radius 2 is 1.93 bits per heavy atom. The van der Waals surface area contributed by atoms with Crippen molar-refractivity contribution in [1.29, 1.82) is 0 Å². The smallest absolute Gasteiger partial charge is 0.416 e. The highest BCUT2D eigenvalue weighted by atomic mass is 35.5. The third-order valence-corrected chi connectivity index (χ3v) is 8.17. The summed E-state index contributed by atoms with van der Waals surface area (Å²) in [6.07, 6.45) is -7.13. The van der Waals surface area contributed by atoms with E-state index >= 15 is 0 Å². The molecule has 0 radical (unpaired) electrons. The maximum absolute atomic E-state index is 14.9. The molecule has 1 aromatic heterocycles. The lowest BCUT2D eigenvalue weighted by Gasteiger charge is -2.37. The fourth-order valence-corrected chi connectivity index (χ4v) is 5.84. The number of anilines is 3. The Morgan fingerprint density at radius 3 is 2.61 bits per heavy atom. The Labute approximate surface area is 264 Å². The number of carbonyl (C=O) groups is 3. The predicted molar refractivity (Wildman–Crippen MR) is 158 cm³/mol. The molecule has 1 saturated heterocycles. The lowest BCUT2D eigenvalue weighted by Crippen LogP contribution is -2.42. The lowest BCUT2D eigenvalue weighted by molar-refractivity contribution is -0.140. The number of methoxy groups -OCH3 is 1. The minimum absolute atomic E-state index is 0.0157. The van der Waals surface area contributed by atoms with Gasteiger partial charge in [0.1, 0.15) is 29.6 Å². The number of amides is 2. The molecule has 2 aliphatic rings. The molecule has 246 valence electrons. The largest absolute Gasteiger partial charge is 0.480 e. The van der Waals surface area contributed by atoms with E-state index < -0.39 is 64.5 Å². The molecule has 2 amide bonds. The van der Waals surface area contributed by atoms with Gasteiger partial charge >= 0.3 is 24.3 Å². The summed E-state index contributed by atoms with van der Waals surface area (Å²) in [6.45, 7) is -0.119. The highest BCUT2D eigenvalue weighted by molar-refractivity contribution is 6.30. The number of aromatic nitrogens is 2. The first-order chi connectivity index (χ1) is 21.8. The van der Waals surface area contributed by atoms with Gasteiger partial charge in [0.15, 0.2) is 0 Å². The molecular weight excluding hydrogens is 640 g/mol. The lowest BCUT2D eigenvalue weighted by atomic mass is 9.96. The number of nitrogens with one attached hydrogen (secondary N) is 3. The predicted octanol–water partition coefficient (Wildman–Crippen LogP) is 6.71. The molecule has 2 aliphatic heterocycles. The number of alkyl halides is 3. The van der Waals surface area contributed by atoms with E-state index in [9.17, 15) is 37.1 Å². The van der Waals surface area contributed by atoms with E-state index in [-0.39, 0.29) is 43.1 Å². The van der Waals surface area contributed by atoms with E-state index in [0.717, 1.165) is 6.07 Å². The van der Waals surface area contributed by atoms with Gasteiger partial charge in [0.2, 0.25) is 0 Å². The average molecular weight is 669 g/mol. The number of aromatic amines is 1. The van der Waals surface area contributed by atoms with Gasteiger partial charge in [-0.2, -0.15) is 13.2 Å². The first-order valence-corrected chi connectivity index (χ1v) is 14.5. The van der Waals surface area contributed by atoms with Gasteiger partial charge in [-0.25, -0.2) is 23.8 Å². The van der Waals surface area contributed by atoms with Crippen molar-refractivity contribution in [3.05, 3.63) is 58.1 Å². The minimum Gasteiger partial charge on any atom is -0.480 e. The quantitative estimate of drug-likeness (QED) is 0.189. The zero-order valence-corrected chi connectivity index (χ0v) is 25.0. The van der Waals surface area contributed by atoms with Crippen LogP contribution in [0.3, 0.4) is 0 Å². The fourth-order valence-electron chi connectivity index (χ4n) is 5.68. The molecule has 3 atom stereocenters. The van der Waals surface area contributed by atoms with Gasteiger partial charge in [-0.3, -0.25) is 10.2 Å². The second-order valence-corrected chi connectivity index (χ2v) is 11.2. The van der Waals surface area contributed by atoms with Crippen LogP contribution in [0.2, 0.25) is 5.02 Å². The van der Waals surface area contributed by atoms with Crippen LogP contribution in [0.25, 0.3) is 11.3 Å². The number of aliphatic carboxylic acids is 1. The minimum atomic E-state index is -4.92. The van der Waals surface area contributed by atoms with Gasteiger partial charge in [-0.05, 0) is 43.2 Å². The number of nitrogens with zero attached hydrogens (tertiary/aromatic N) is 2. The number of hydrogen-bond acceptors (Lipinski definition) is 8. The van der Waals surface area contributed by atoms with Crippen molar-refractivity contribution < 1.29 is 46.5 Å². The molecule has 6 N–H and O–H groups in total. The highest BCUT2D eigenvalue weighted by Crippen LogP contribution is 2.43. The van der Waals surface area contributed by atoms with Crippen molar-refractivity contribution in [2.24, 2.45) is 0 Å². The van der Waals surface area contributed by atoms with Crippen molar-refractivity contribution in [2.45, 2.75) is 56.5 Å². The topological polar surface area (TPSA) is 172 Å². The monoisotopic (exact) mass is 668 g/mol. The zero-order chi connectivity index (χ0) is 33.3. The summed E-state index contributed by atoms with van der Waals surface area (Å²) in [7, 11) is 1.19. The van der Waals surface area contributed by atoms with Gasteiger partial charge in [0.05, 0.1) is 29.4 Å². The molecule has 1 fully saturated rings. The molecule has 0 aliphatic carbocycles. The summed E-state index contributed by atoms with van der Waals surface area (Å²) in [4.78, 5) is 46.1. The van der Waals surface area contributed by atoms with Crippen LogP contribution in [0.15, 0.2) is 30.3 Å². The molecule has 1 unspecified atom stereocenters. The third kappa shape index (κ3) is 6.61. The molecule has 2 aromatic carbocycles. The molecule has 46 heavy (non-hydrogen) atoms. The van der Waals surface area contributed by atoms with Crippen LogP contribution in [0.5, 0.6) is 0 Å². The number of hydrogen-bond donors (Lipinski definition) is 5. The summed E-state index contributed by atoms with van der Waals surface area (Å²) in [5.41, 5.74) is 5.48. The number of ether oxygens (including phenoxy) is 2. The number of imidazole rings is 1. The number of halogens is 5.